The molecular weight excluding hydrogens is 320 g/mol. The normalized spacial score (nSPS) is 12.6. The first-order valence-electron chi connectivity index (χ1n) is 7.09. The fourth-order valence-corrected chi connectivity index (χ4v) is 1.69. The number of carbonyl (C=O) groups is 3. The van der Waals surface area contributed by atoms with Crippen molar-refractivity contribution >= 4 is 18.0 Å². The minimum absolute atomic E-state index is 0.00608. The van der Waals surface area contributed by atoms with Gasteiger partial charge >= 0.3 is 12.1 Å². The van der Waals surface area contributed by atoms with Gasteiger partial charge in [0.15, 0.2) is 6.04 Å². The molecule has 0 aromatic heterocycles. The summed E-state index contributed by atoms with van der Waals surface area (Å²) in [4.78, 5) is 34.9. The van der Waals surface area contributed by atoms with Gasteiger partial charge in [0.25, 0.3) is 0 Å². The van der Waals surface area contributed by atoms with E-state index in [4.69, 9.17) is 9.84 Å². The molecule has 1 aromatic carbocycles. The van der Waals surface area contributed by atoms with Crippen molar-refractivity contribution < 1.29 is 34.1 Å². The molecule has 0 spiro atoms. The first kappa shape index (κ1) is 19.4. The highest BCUT2D eigenvalue weighted by atomic mass is 16.5. The second-order valence-corrected chi connectivity index (χ2v) is 4.71. The van der Waals surface area contributed by atoms with E-state index in [-0.39, 0.29) is 6.61 Å². The number of methoxy groups -OCH3 is 1. The number of nitrogens with one attached hydrogen (secondary N) is 2. The van der Waals surface area contributed by atoms with Crippen molar-refractivity contribution in [3.8, 4) is 0 Å². The Morgan fingerprint density at radius 1 is 1.04 bits per heavy atom. The number of hydrogen-bond donors (Lipinski definition) is 4. The van der Waals surface area contributed by atoms with Gasteiger partial charge in [-0.25, -0.2) is 9.59 Å². The van der Waals surface area contributed by atoms with Gasteiger partial charge in [-0.3, -0.25) is 4.79 Å². The lowest BCUT2D eigenvalue weighted by Gasteiger charge is -2.19. The summed E-state index contributed by atoms with van der Waals surface area (Å²) in [6.45, 7) is -1.41. The summed E-state index contributed by atoms with van der Waals surface area (Å²) in [5.74, 6) is -1.71. The number of esters is 1. The van der Waals surface area contributed by atoms with Crippen molar-refractivity contribution in [3.05, 3.63) is 35.9 Å². The first-order chi connectivity index (χ1) is 11.5. The molecule has 0 heterocycles. The number of benzene rings is 1. The average molecular weight is 340 g/mol. The summed E-state index contributed by atoms with van der Waals surface area (Å²) in [5, 5.41) is 22.6. The molecule has 0 aliphatic rings. The van der Waals surface area contributed by atoms with E-state index in [2.05, 4.69) is 15.4 Å². The maximum absolute atomic E-state index is 11.9. The SMILES string of the molecule is COC(=O)[C@H](CO)NC(=O)[C@H](CO)NC(=O)OCc1ccccc1. The van der Waals surface area contributed by atoms with Crippen LogP contribution in [0.2, 0.25) is 0 Å². The molecule has 2 atom stereocenters. The zero-order valence-corrected chi connectivity index (χ0v) is 13.1. The van der Waals surface area contributed by atoms with Crippen molar-refractivity contribution in [2.75, 3.05) is 20.3 Å². The van der Waals surface area contributed by atoms with E-state index in [1.165, 1.54) is 0 Å². The molecule has 2 amide bonds. The van der Waals surface area contributed by atoms with E-state index in [0.717, 1.165) is 12.7 Å². The van der Waals surface area contributed by atoms with Gasteiger partial charge in [0.2, 0.25) is 5.91 Å². The minimum Gasteiger partial charge on any atom is -0.467 e. The van der Waals surface area contributed by atoms with Crippen molar-refractivity contribution in [2.45, 2.75) is 18.7 Å². The average Bonchev–Trinajstić information content (AvgIpc) is 2.62. The van der Waals surface area contributed by atoms with Gasteiger partial charge < -0.3 is 30.3 Å². The molecule has 0 bridgehead atoms. The maximum Gasteiger partial charge on any atom is 0.408 e. The maximum atomic E-state index is 11.9. The van der Waals surface area contributed by atoms with Crippen LogP contribution in [0.3, 0.4) is 0 Å². The lowest BCUT2D eigenvalue weighted by molar-refractivity contribution is -0.146. The molecule has 1 aromatic rings. The number of rotatable bonds is 8. The molecule has 4 N–H and O–H groups in total. The number of ether oxygens (including phenoxy) is 2. The first-order valence-corrected chi connectivity index (χ1v) is 7.09. The monoisotopic (exact) mass is 340 g/mol. The summed E-state index contributed by atoms with van der Waals surface area (Å²) in [5.41, 5.74) is 0.753. The third-order valence-electron chi connectivity index (χ3n) is 2.99. The molecule has 0 aliphatic heterocycles. The second-order valence-electron chi connectivity index (χ2n) is 4.71. The molecule has 9 heteroatoms. The van der Waals surface area contributed by atoms with Crippen LogP contribution in [0, 0.1) is 0 Å². The molecule has 0 aliphatic carbocycles. The second kappa shape index (κ2) is 10.2. The zero-order valence-electron chi connectivity index (χ0n) is 13.1. The highest BCUT2D eigenvalue weighted by Gasteiger charge is 2.26. The van der Waals surface area contributed by atoms with Crippen LogP contribution in [0.1, 0.15) is 5.56 Å². The standard InChI is InChI=1S/C15H20N2O7/c1-23-14(21)12(8-19)16-13(20)11(7-18)17-15(22)24-9-10-5-3-2-4-6-10/h2-6,11-12,18-19H,7-9H2,1H3,(H,16,20)(H,17,22)/t11-,12-/m0/s1. The van der Waals surface area contributed by atoms with E-state index in [9.17, 15) is 19.5 Å². The highest BCUT2D eigenvalue weighted by molar-refractivity contribution is 5.89. The molecule has 0 saturated carbocycles. The van der Waals surface area contributed by atoms with Gasteiger partial charge in [-0.15, -0.1) is 0 Å². The van der Waals surface area contributed by atoms with Crippen LogP contribution in [0.4, 0.5) is 4.79 Å². The highest BCUT2D eigenvalue weighted by Crippen LogP contribution is 2.01. The molecule has 132 valence electrons. The minimum atomic E-state index is -1.34. The zero-order chi connectivity index (χ0) is 17.9. The Balaban J connectivity index is 2.51. The summed E-state index contributed by atoms with van der Waals surface area (Å²) in [6, 6.07) is 6.25. The summed E-state index contributed by atoms with van der Waals surface area (Å²) in [7, 11) is 1.10. The number of amides is 2. The predicted octanol–water partition coefficient (Wildman–Crippen LogP) is -1.08. The van der Waals surface area contributed by atoms with Gasteiger partial charge in [0.1, 0.15) is 12.6 Å². The fourth-order valence-electron chi connectivity index (χ4n) is 1.69. The van der Waals surface area contributed by atoms with Crippen molar-refractivity contribution in [2.24, 2.45) is 0 Å². The topological polar surface area (TPSA) is 134 Å². The fraction of sp³-hybridized carbons (Fsp3) is 0.400. The molecule has 0 radical (unpaired) electrons. The van der Waals surface area contributed by atoms with Gasteiger partial charge in [0.05, 0.1) is 20.3 Å². The van der Waals surface area contributed by atoms with Crippen molar-refractivity contribution in [1.29, 1.82) is 0 Å². The summed E-state index contributed by atoms with van der Waals surface area (Å²) < 4.78 is 9.33. The molecule has 1 rings (SSSR count). The third-order valence-corrected chi connectivity index (χ3v) is 2.99. The van der Waals surface area contributed by atoms with Crippen LogP contribution in [-0.4, -0.2) is 60.6 Å². The van der Waals surface area contributed by atoms with Gasteiger partial charge in [-0.1, -0.05) is 30.3 Å². The van der Waals surface area contributed by atoms with Crippen molar-refractivity contribution in [3.63, 3.8) is 0 Å². The Hall–Kier alpha value is -2.65. The van der Waals surface area contributed by atoms with Crippen LogP contribution < -0.4 is 10.6 Å². The summed E-state index contributed by atoms with van der Waals surface area (Å²) >= 11 is 0. The van der Waals surface area contributed by atoms with Crippen LogP contribution in [0.25, 0.3) is 0 Å². The van der Waals surface area contributed by atoms with E-state index in [1.807, 2.05) is 6.07 Å². The molecule has 0 fully saturated rings. The Morgan fingerprint density at radius 2 is 1.67 bits per heavy atom. The Kier molecular flexibility index (Phi) is 8.23. The van der Waals surface area contributed by atoms with Gasteiger partial charge in [0, 0.05) is 0 Å². The third kappa shape index (κ3) is 6.23. The van der Waals surface area contributed by atoms with E-state index in [0.29, 0.717) is 0 Å². The van der Waals surface area contributed by atoms with E-state index >= 15 is 0 Å². The van der Waals surface area contributed by atoms with Crippen LogP contribution in [0.5, 0.6) is 0 Å². The molecule has 0 unspecified atom stereocenters. The quantitative estimate of drug-likeness (QED) is 0.442. The molecule has 9 nitrogen and oxygen atoms in total. The molecule has 24 heavy (non-hydrogen) atoms. The largest absolute Gasteiger partial charge is 0.467 e. The smallest absolute Gasteiger partial charge is 0.408 e. The molecular formula is C15H20N2O7. The predicted molar refractivity (Wildman–Crippen MR) is 81.7 cm³/mol. The van der Waals surface area contributed by atoms with Crippen LogP contribution in [0.15, 0.2) is 30.3 Å². The number of alkyl carbamates (subject to hydrolysis) is 1. The van der Waals surface area contributed by atoms with E-state index in [1.54, 1.807) is 24.3 Å². The Morgan fingerprint density at radius 3 is 2.21 bits per heavy atom. The number of carbonyl (C=O) groups excluding carboxylic acids is 3. The van der Waals surface area contributed by atoms with Gasteiger partial charge in [-0.05, 0) is 5.56 Å². The Labute approximate surface area is 138 Å². The lowest BCUT2D eigenvalue weighted by Crippen LogP contribution is -2.54. The number of hydrogen-bond acceptors (Lipinski definition) is 7. The summed E-state index contributed by atoms with van der Waals surface area (Å²) in [6.07, 6.45) is -0.910. The number of aliphatic hydroxyl groups is 2. The molecule has 0 saturated heterocycles. The Bertz CT molecular complexity index is 550. The number of aliphatic hydroxyl groups excluding tert-OH is 2. The van der Waals surface area contributed by atoms with E-state index < -0.39 is 43.3 Å². The lowest BCUT2D eigenvalue weighted by atomic mass is 10.2. The van der Waals surface area contributed by atoms with Crippen molar-refractivity contribution in [1.82, 2.24) is 10.6 Å². The van der Waals surface area contributed by atoms with Crippen LogP contribution in [-0.2, 0) is 25.7 Å². The van der Waals surface area contributed by atoms with Crippen LogP contribution >= 0.6 is 0 Å². The van der Waals surface area contributed by atoms with Gasteiger partial charge in [-0.2, -0.15) is 0 Å².